The summed E-state index contributed by atoms with van der Waals surface area (Å²) in [6, 6.07) is 6.49. The smallest absolute Gasteiger partial charge is 0.257 e. The number of hydrogen-bond acceptors (Lipinski definition) is 5. The van der Waals surface area contributed by atoms with Gasteiger partial charge in [0, 0.05) is 10.6 Å². The molecule has 2 heterocycles. The van der Waals surface area contributed by atoms with Gasteiger partial charge in [-0.25, -0.2) is 5.12 Å². The van der Waals surface area contributed by atoms with Gasteiger partial charge in [-0.1, -0.05) is 11.7 Å². The van der Waals surface area contributed by atoms with Crippen LogP contribution >= 0.6 is 11.3 Å². The highest BCUT2D eigenvalue weighted by Crippen LogP contribution is 2.49. The molecule has 3 aliphatic carbocycles. The highest BCUT2D eigenvalue weighted by atomic mass is 32.1. The molecule has 1 saturated heterocycles. The summed E-state index contributed by atoms with van der Waals surface area (Å²) in [5.74, 6) is 1.16. The maximum atomic E-state index is 12.9. The number of anilines is 1. The molecule has 25 heavy (non-hydrogen) atoms. The quantitative estimate of drug-likeness (QED) is 0.771. The second-order valence-corrected chi connectivity index (χ2v) is 8.37. The summed E-state index contributed by atoms with van der Waals surface area (Å²) in [6.07, 6.45) is 1.51. The van der Waals surface area contributed by atoms with Crippen LogP contribution < -0.4 is 16.1 Å². The minimum Gasteiger partial charge on any atom is -0.257 e. The fourth-order valence-electron chi connectivity index (χ4n) is 4.47. The van der Waals surface area contributed by atoms with Crippen molar-refractivity contribution in [2.45, 2.75) is 44.0 Å². The molecule has 2 bridgehead atoms. The van der Waals surface area contributed by atoms with Gasteiger partial charge in [0.05, 0.1) is 5.69 Å². The number of fused-ring (bicyclic) bond motifs is 3. The van der Waals surface area contributed by atoms with E-state index in [-0.39, 0.29) is 5.72 Å². The minimum atomic E-state index is -4.30. The van der Waals surface area contributed by atoms with Gasteiger partial charge in [-0.15, -0.1) is 11.3 Å². The summed E-state index contributed by atoms with van der Waals surface area (Å²) < 4.78 is 39.3. The van der Waals surface area contributed by atoms with Crippen molar-refractivity contribution < 1.29 is 18.0 Å². The minimum absolute atomic E-state index is 0.386. The summed E-state index contributed by atoms with van der Waals surface area (Å²) in [4.78, 5) is 5.37. The number of benzene rings is 1. The van der Waals surface area contributed by atoms with Crippen LogP contribution in [0.2, 0.25) is 0 Å². The maximum Gasteiger partial charge on any atom is 0.425 e. The van der Waals surface area contributed by atoms with Gasteiger partial charge in [-0.2, -0.15) is 18.6 Å². The van der Waals surface area contributed by atoms with Crippen molar-refractivity contribution in [2.75, 3.05) is 5.12 Å². The van der Waals surface area contributed by atoms with Crippen LogP contribution in [0.4, 0.5) is 18.9 Å². The van der Waals surface area contributed by atoms with Crippen molar-refractivity contribution in [3.8, 4) is 0 Å². The molecular weight excluding hydrogens is 351 g/mol. The number of halogens is 3. The third-order valence-corrected chi connectivity index (χ3v) is 6.90. The van der Waals surface area contributed by atoms with E-state index in [4.69, 9.17) is 4.84 Å². The van der Waals surface area contributed by atoms with E-state index in [9.17, 15) is 13.2 Å². The van der Waals surface area contributed by atoms with E-state index in [1.807, 2.05) is 0 Å². The molecule has 8 heteroatoms. The van der Waals surface area contributed by atoms with Gasteiger partial charge in [0.2, 0.25) is 0 Å². The van der Waals surface area contributed by atoms with Gasteiger partial charge >= 0.3 is 6.18 Å². The second-order valence-electron chi connectivity index (χ2n) is 7.28. The Morgan fingerprint density at radius 3 is 2.64 bits per heavy atom. The molecular formula is C17H18F3N3OS. The van der Waals surface area contributed by atoms with Gasteiger partial charge in [0.15, 0.2) is 5.72 Å². The van der Waals surface area contributed by atoms with Gasteiger partial charge in [-0.3, -0.25) is 4.84 Å². The van der Waals surface area contributed by atoms with E-state index in [1.54, 1.807) is 23.3 Å². The van der Waals surface area contributed by atoms with Crippen LogP contribution in [0.15, 0.2) is 24.3 Å². The van der Waals surface area contributed by atoms with Gasteiger partial charge < -0.3 is 0 Å². The number of alkyl halides is 3. The molecule has 1 aromatic carbocycles. The Morgan fingerprint density at radius 1 is 1.16 bits per heavy atom. The predicted octanol–water partition coefficient (Wildman–Crippen LogP) is 4.59. The predicted molar refractivity (Wildman–Crippen MR) is 89.5 cm³/mol. The Balaban J connectivity index is 1.42. The fourth-order valence-corrected chi connectivity index (χ4v) is 5.43. The molecule has 1 aromatic heterocycles. The molecule has 1 unspecified atom stereocenters. The normalized spacial score (nSPS) is 32.2. The first-order valence-corrected chi connectivity index (χ1v) is 9.37. The highest BCUT2D eigenvalue weighted by Gasteiger charge is 2.53. The fraction of sp³-hybridized carbons (Fsp3) is 0.529. The van der Waals surface area contributed by atoms with Crippen molar-refractivity contribution >= 4 is 27.1 Å². The zero-order valence-electron chi connectivity index (χ0n) is 13.4. The molecule has 3 saturated carbocycles. The lowest BCUT2D eigenvalue weighted by Crippen LogP contribution is -2.57. The highest BCUT2D eigenvalue weighted by molar-refractivity contribution is 7.19. The third kappa shape index (κ3) is 2.54. The average molecular weight is 369 g/mol. The van der Waals surface area contributed by atoms with Crippen molar-refractivity contribution in [3.63, 3.8) is 0 Å². The number of hydrogen-bond donors (Lipinski definition) is 2. The van der Waals surface area contributed by atoms with Gasteiger partial charge in [0.25, 0.3) is 0 Å². The van der Waals surface area contributed by atoms with E-state index in [2.05, 4.69) is 11.0 Å². The Hall–Kier alpha value is -1.35. The van der Waals surface area contributed by atoms with Crippen LogP contribution in [0.3, 0.4) is 0 Å². The van der Waals surface area contributed by atoms with Crippen LogP contribution in [0, 0.1) is 11.8 Å². The summed E-state index contributed by atoms with van der Waals surface area (Å²) in [6.45, 7) is 0. The van der Waals surface area contributed by atoms with E-state index in [0.29, 0.717) is 21.9 Å². The lowest BCUT2D eigenvalue weighted by atomic mass is 9.66. The van der Waals surface area contributed by atoms with E-state index in [0.717, 1.165) is 36.3 Å². The Labute approximate surface area is 146 Å². The number of hydrazine groups is 2. The lowest BCUT2D eigenvalue weighted by Gasteiger charge is -2.47. The molecule has 6 rings (SSSR count). The molecule has 4 nitrogen and oxygen atoms in total. The summed E-state index contributed by atoms with van der Waals surface area (Å²) in [5, 5.41) is 2.31. The van der Waals surface area contributed by atoms with Crippen molar-refractivity contribution in [1.82, 2.24) is 11.0 Å². The number of rotatable bonds is 1. The molecule has 2 N–H and O–H groups in total. The van der Waals surface area contributed by atoms with E-state index < -0.39 is 11.1 Å². The Bertz CT molecular complexity index is 815. The first kappa shape index (κ1) is 15.9. The van der Waals surface area contributed by atoms with Crippen molar-refractivity contribution in [3.05, 3.63) is 29.1 Å². The SMILES string of the molecule is FC(F)(F)c1cc2ccc(N3NOC4(CC5CCC4CC5)N3)cc2s1. The second kappa shape index (κ2) is 5.33. The lowest BCUT2D eigenvalue weighted by molar-refractivity contribution is -0.153. The maximum absolute atomic E-state index is 12.9. The van der Waals surface area contributed by atoms with Crippen LogP contribution in [-0.2, 0) is 11.0 Å². The zero-order chi connectivity index (χ0) is 17.2. The molecule has 134 valence electrons. The average Bonchev–Trinajstić information content (AvgIpc) is 3.19. The standard InChI is InChI=1S/C17H18F3N3OS/c18-17(19,20)15-7-11-3-6-13(8-14(11)25-15)23-21-16(24-22-23)9-10-1-4-12(16)5-2-10/h3,6-8,10,12,21-22H,1-2,4-5,9H2. The van der Waals surface area contributed by atoms with Crippen molar-refractivity contribution in [2.24, 2.45) is 11.8 Å². The van der Waals surface area contributed by atoms with Crippen molar-refractivity contribution in [1.29, 1.82) is 0 Å². The zero-order valence-corrected chi connectivity index (χ0v) is 14.2. The van der Waals surface area contributed by atoms with Crippen LogP contribution in [0.1, 0.15) is 37.0 Å². The van der Waals surface area contributed by atoms with Crippen LogP contribution in [0.25, 0.3) is 10.1 Å². The molecule has 1 spiro atoms. The first-order valence-electron chi connectivity index (χ1n) is 8.55. The van der Waals surface area contributed by atoms with E-state index >= 15 is 0 Å². The van der Waals surface area contributed by atoms with E-state index in [1.165, 1.54) is 18.9 Å². The van der Waals surface area contributed by atoms with Crippen LogP contribution in [-0.4, -0.2) is 5.72 Å². The molecule has 1 atom stereocenters. The third-order valence-electron chi connectivity index (χ3n) is 5.76. The molecule has 0 amide bonds. The van der Waals surface area contributed by atoms with Gasteiger partial charge in [-0.05, 0) is 61.6 Å². The molecule has 0 radical (unpaired) electrons. The summed E-state index contributed by atoms with van der Waals surface area (Å²) in [5.41, 5.74) is 6.73. The molecule has 4 fully saturated rings. The summed E-state index contributed by atoms with van der Waals surface area (Å²) >= 11 is 0.768. The topological polar surface area (TPSA) is 36.5 Å². The Kier molecular flexibility index (Phi) is 3.38. The van der Waals surface area contributed by atoms with Gasteiger partial charge in [0.1, 0.15) is 4.88 Å². The summed E-state index contributed by atoms with van der Waals surface area (Å²) in [7, 11) is 0. The molecule has 4 aliphatic rings. The first-order chi connectivity index (χ1) is 11.9. The monoisotopic (exact) mass is 369 g/mol. The molecule has 2 aromatic rings. The number of nitrogens with one attached hydrogen (secondary N) is 2. The number of thiophene rings is 1. The molecule has 1 aliphatic heterocycles. The Morgan fingerprint density at radius 2 is 1.96 bits per heavy atom. The largest absolute Gasteiger partial charge is 0.425 e. The number of nitrogens with zero attached hydrogens (tertiary/aromatic N) is 1. The van der Waals surface area contributed by atoms with Crippen LogP contribution in [0.5, 0.6) is 0 Å².